The molecule has 5 heteroatoms. The highest BCUT2D eigenvalue weighted by Crippen LogP contribution is 2.39. The van der Waals surface area contributed by atoms with Gasteiger partial charge in [-0.05, 0) is 29.8 Å². The molecule has 0 saturated heterocycles. The summed E-state index contributed by atoms with van der Waals surface area (Å²) in [6.45, 7) is 0. The van der Waals surface area contributed by atoms with Crippen LogP contribution in [0.5, 0.6) is 0 Å². The molecule has 94 valence electrons. The second kappa shape index (κ2) is 4.85. The quantitative estimate of drug-likeness (QED) is 0.782. The molecule has 3 rings (SSSR count). The lowest BCUT2D eigenvalue weighted by atomic mass is 10.0. The van der Waals surface area contributed by atoms with Crippen molar-refractivity contribution in [2.75, 3.05) is 5.73 Å². The fourth-order valence-electron chi connectivity index (χ4n) is 1.93. The molecular formula is C14H10BrN3O. The highest BCUT2D eigenvalue weighted by Gasteiger charge is 2.18. The SMILES string of the molecule is Nc1noc(-c2ccccc2Br)c1-c1ccncc1. The molecule has 0 aliphatic heterocycles. The number of aromatic nitrogens is 2. The molecule has 0 aliphatic rings. The van der Waals surface area contributed by atoms with Crippen LogP contribution in [0.25, 0.3) is 22.5 Å². The first kappa shape index (κ1) is 11.9. The molecule has 4 nitrogen and oxygen atoms in total. The molecule has 3 aromatic rings. The molecular weight excluding hydrogens is 306 g/mol. The fraction of sp³-hybridized carbons (Fsp3) is 0. The molecule has 0 radical (unpaired) electrons. The highest BCUT2D eigenvalue weighted by atomic mass is 79.9. The number of hydrogen-bond acceptors (Lipinski definition) is 4. The average Bonchev–Trinajstić information content (AvgIpc) is 2.82. The van der Waals surface area contributed by atoms with E-state index >= 15 is 0 Å². The Balaban J connectivity index is 2.23. The van der Waals surface area contributed by atoms with Gasteiger partial charge in [0.05, 0.1) is 5.56 Å². The third kappa shape index (κ3) is 2.13. The molecule has 1 aromatic carbocycles. The lowest BCUT2D eigenvalue weighted by Crippen LogP contribution is -1.89. The van der Waals surface area contributed by atoms with Crippen molar-refractivity contribution in [2.45, 2.75) is 0 Å². The maximum atomic E-state index is 5.92. The molecule has 0 bridgehead atoms. The van der Waals surface area contributed by atoms with Gasteiger partial charge >= 0.3 is 0 Å². The Morgan fingerprint density at radius 1 is 1.05 bits per heavy atom. The van der Waals surface area contributed by atoms with E-state index in [0.717, 1.165) is 21.2 Å². The molecule has 0 unspecified atom stereocenters. The summed E-state index contributed by atoms with van der Waals surface area (Å²) in [5.41, 5.74) is 8.55. The number of nitrogens with two attached hydrogens (primary N) is 1. The summed E-state index contributed by atoms with van der Waals surface area (Å²) < 4.78 is 6.32. The van der Waals surface area contributed by atoms with E-state index in [-0.39, 0.29) is 0 Å². The van der Waals surface area contributed by atoms with Crippen LogP contribution in [0.3, 0.4) is 0 Å². The van der Waals surface area contributed by atoms with Crippen LogP contribution in [0.1, 0.15) is 0 Å². The number of hydrogen-bond donors (Lipinski definition) is 1. The van der Waals surface area contributed by atoms with Gasteiger partial charge in [-0.25, -0.2) is 0 Å². The third-order valence-electron chi connectivity index (χ3n) is 2.81. The second-order valence-electron chi connectivity index (χ2n) is 3.99. The zero-order valence-electron chi connectivity index (χ0n) is 9.88. The summed E-state index contributed by atoms with van der Waals surface area (Å²) in [7, 11) is 0. The van der Waals surface area contributed by atoms with Crippen LogP contribution in [0.15, 0.2) is 57.8 Å². The number of nitrogens with zero attached hydrogens (tertiary/aromatic N) is 2. The standard InChI is InChI=1S/C14H10BrN3O/c15-11-4-2-1-3-10(11)13-12(14(16)18-19-13)9-5-7-17-8-6-9/h1-8H,(H2,16,18). The van der Waals surface area contributed by atoms with Gasteiger partial charge in [-0.1, -0.05) is 33.2 Å². The van der Waals surface area contributed by atoms with Crippen molar-refractivity contribution < 1.29 is 4.52 Å². The van der Waals surface area contributed by atoms with Crippen LogP contribution in [-0.2, 0) is 0 Å². The number of anilines is 1. The van der Waals surface area contributed by atoms with Crippen molar-refractivity contribution in [2.24, 2.45) is 0 Å². The van der Waals surface area contributed by atoms with E-state index in [4.69, 9.17) is 10.3 Å². The van der Waals surface area contributed by atoms with Gasteiger partial charge in [-0.2, -0.15) is 0 Å². The van der Waals surface area contributed by atoms with Crippen LogP contribution >= 0.6 is 15.9 Å². The van der Waals surface area contributed by atoms with E-state index in [0.29, 0.717) is 11.6 Å². The van der Waals surface area contributed by atoms with Gasteiger partial charge in [0.15, 0.2) is 11.6 Å². The molecule has 0 fully saturated rings. The van der Waals surface area contributed by atoms with E-state index in [1.165, 1.54) is 0 Å². The van der Waals surface area contributed by atoms with Gasteiger partial charge in [0.1, 0.15) is 0 Å². The second-order valence-corrected chi connectivity index (χ2v) is 4.84. The van der Waals surface area contributed by atoms with Gasteiger partial charge < -0.3 is 10.3 Å². The van der Waals surface area contributed by atoms with Crippen LogP contribution < -0.4 is 5.73 Å². The number of nitrogen functional groups attached to an aromatic ring is 1. The van der Waals surface area contributed by atoms with Crippen molar-refractivity contribution in [1.82, 2.24) is 10.1 Å². The summed E-state index contributed by atoms with van der Waals surface area (Å²) in [5.74, 6) is 1.02. The maximum Gasteiger partial charge on any atom is 0.178 e. The van der Waals surface area contributed by atoms with Gasteiger partial charge in [0.2, 0.25) is 0 Å². The lowest BCUT2D eigenvalue weighted by Gasteiger charge is -2.04. The smallest absolute Gasteiger partial charge is 0.178 e. The van der Waals surface area contributed by atoms with Gasteiger partial charge in [0, 0.05) is 22.4 Å². The summed E-state index contributed by atoms with van der Waals surface area (Å²) in [4.78, 5) is 4.00. The zero-order valence-corrected chi connectivity index (χ0v) is 11.5. The Morgan fingerprint density at radius 2 is 1.79 bits per heavy atom. The predicted molar refractivity (Wildman–Crippen MR) is 77.3 cm³/mol. The van der Waals surface area contributed by atoms with E-state index in [1.807, 2.05) is 36.4 Å². The molecule has 2 N–H and O–H groups in total. The Hall–Kier alpha value is -2.14. The van der Waals surface area contributed by atoms with Gasteiger partial charge in [-0.3, -0.25) is 4.98 Å². The third-order valence-corrected chi connectivity index (χ3v) is 3.50. The monoisotopic (exact) mass is 315 g/mol. The van der Waals surface area contributed by atoms with Crippen molar-refractivity contribution >= 4 is 21.7 Å². The molecule has 0 saturated carbocycles. The minimum absolute atomic E-state index is 0.372. The Labute approximate surface area is 118 Å². The van der Waals surface area contributed by atoms with Crippen LogP contribution in [-0.4, -0.2) is 10.1 Å². The molecule has 2 heterocycles. The zero-order chi connectivity index (χ0) is 13.2. The van der Waals surface area contributed by atoms with Crippen molar-refractivity contribution in [3.8, 4) is 22.5 Å². The minimum Gasteiger partial charge on any atom is -0.380 e. The maximum absolute atomic E-state index is 5.92. The summed E-state index contributed by atoms with van der Waals surface area (Å²) in [5, 5.41) is 3.87. The van der Waals surface area contributed by atoms with E-state index < -0.39 is 0 Å². The highest BCUT2D eigenvalue weighted by molar-refractivity contribution is 9.10. The van der Waals surface area contributed by atoms with Crippen LogP contribution in [0.2, 0.25) is 0 Å². The fourth-order valence-corrected chi connectivity index (χ4v) is 2.39. The normalized spacial score (nSPS) is 10.6. The van der Waals surface area contributed by atoms with E-state index in [9.17, 15) is 0 Å². The largest absolute Gasteiger partial charge is 0.380 e. The molecule has 0 amide bonds. The number of halogens is 1. The van der Waals surface area contributed by atoms with Gasteiger partial charge in [-0.15, -0.1) is 0 Å². The Bertz CT molecular complexity index is 710. The van der Waals surface area contributed by atoms with E-state index in [2.05, 4.69) is 26.1 Å². The first-order chi connectivity index (χ1) is 9.27. The topological polar surface area (TPSA) is 64.9 Å². The molecule has 19 heavy (non-hydrogen) atoms. The molecule has 0 aliphatic carbocycles. The number of pyridine rings is 1. The minimum atomic E-state index is 0.372. The summed E-state index contributed by atoms with van der Waals surface area (Å²) in [6, 6.07) is 11.5. The Kier molecular flexibility index (Phi) is 3.05. The molecule has 0 spiro atoms. The lowest BCUT2D eigenvalue weighted by molar-refractivity contribution is 0.436. The van der Waals surface area contributed by atoms with Crippen molar-refractivity contribution in [3.63, 3.8) is 0 Å². The summed E-state index contributed by atoms with van der Waals surface area (Å²) in [6.07, 6.45) is 3.43. The van der Waals surface area contributed by atoms with Crippen molar-refractivity contribution in [1.29, 1.82) is 0 Å². The summed E-state index contributed by atoms with van der Waals surface area (Å²) >= 11 is 3.51. The first-order valence-electron chi connectivity index (χ1n) is 5.68. The van der Waals surface area contributed by atoms with E-state index in [1.54, 1.807) is 12.4 Å². The number of rotatable bonds is 2. The van der Waals surface area contributed by atoms with Gasteiger partial charge in [0.25, 0.3) is 0 Å². The van der Waals surface area contributed by atoms with Crippen LogP contribution in [0.4, 0.5) is 5.82 Å². The average molecular weight is 316 g/mol. The predicted octanol–water partition coefficient (Wildman–Crippen LogP) is 3.75. The van der Waals surface area contributed by atoms with Crippen LogP contribution in [0, 0.1) is 0 Å². The number of benzene rings is 1. The van der Waals surface area contributed by atoms with Crippen molar-refractivity contribution in [3.05, 3.63) is 53.3 Å². The Morgan fingerprint density at radius 3 is 2.53 bits per heavy atom. The molecule has 2 aromatic heterocycles. The molecule has 0 atom stereocenters. The first-order valence-corrected chi connectivity index (χ1v) is 6.47.